The van der Waals surface area contributed by atoms with Crippen molar-refractivity contribution in [3.05, 3.63) is 51.3 Å². The first-order chi connectivity index (χ1) is 9.95. The van der Waals surface area contributed by atoms with Gasteiger partial charge >= 0.3 is 0 Å². The predicted octanol–water partition coefficient (Wildman–Crippen LogP) is 4.69. The van der Waals surface area contributed by atoms with Gasteiger partial charge in [-0.05, 0) is 46.2 Å². The lowest BCUT2D eigenvalue weighted by atomic mass is 10.0. The molecule has 2 rings (SSSR count). The third-order valence-electron chi connectivity index (χ3n) is 4.04. The molecule has 0 aliphatic heterocycles. The number of aromatic nitrogens is 2. The molecular weight excluding hydrogens is 326 g/mol. The number of benzene rings is 1. The molecule has 114 valence electrons. The Morgan fingerprint density at radius 1 is 1.19 bits per heavy atom. The lowest BCUT2D eigenvalue weighted by Gasteiger charge is -2.22. The molecule has 0 amide bonds. The van der Waals surface area contributed by atoms with Crippen molar-refractivity contribution in [1.82, 2.24) is 15.1 Å². The molecule has 0 aliphatic rings. The van der Waals surface area contributed by atoms with E-state index < -0.39 is 0 Å². The van der Waals surface area contributed by atoms with Gasteiger partial charge in [0, 0.05) is 34.4 Å². The Kier molecular flexibility index (Phi) is 5.22. The van der Waals surface area contributed by atoms with E-state index in [1.165, 1.54) is 16.8 Å². The van der Waals surface area contributed by atoms with E-state index in [1.54, 1.807) is 0 Å². The van der Waals surface area contributed by atoms with Gasteiger partial charge in [0.05, 0.1) is 5.69 Å². The highest BCUT2D eigenvalue weighted by molar-refractivity contribution is 9.10. The van der Waals surface area contributed by atoms with Gasteiger partial charge in [0.1, 0.15) is 0 Å². The Balaban J connectivity index is 2.20. The summed E-state index contributed by atoms with van der Waals surface area (Å²) in [5.41, 5.74) is 4.97. The van der Waals surface area contributed by atoms with Crippen LogP contribution in [-0.2, 0) is 6.54 Å². The molecule has 0 radical (unpaired) electrons. The monoisotopic (exact) mass is 349 g/mol. The van der Waals surface area contributed by atoms with Crippen LogP contribution in [0.25, 0.3) is 0 Å². The average molecular weight is 350 g/mol. The Hall–Kier alpha value is -1.13. The topological polar surface area (TPSA) is 29.9 Å². The number of nitrogens with zero attached hydrogens (tertiary/aromatic N) is 2. The molecule has 1 N–H and O–H groups in total. The summed E-state index contributed by atoms with van der Waals surface area (Å²) < 4.78 is 3.22. The highest BCUT2D eigenvalue weighted by Gasteiger charge is 2.19. The van der Waals surface area contributed by atoms with Crippen molar-refractivity contribution in [3.63, 3.8) is 0 Å². The van der Waals surface area contributed by atoms with Gasteiger partial charge in [0.2, 0.25) is 0 Å². The Morgan fingerprint density at radius 3 is 2.43 bits per heavy atom. The zero-order valence-corrected chi connectivity index (χ0v) is 15.0. The summed E-state index contributed by atoms with van der Waals surface area (Å²) in [6.45, 7) is 11.7. The molecule has 3 nitrogen and oxygen atoms in total. The number of rotatable bonds is 5. The summed E-state index contributed by atoms with van der Waals surface area (Å²) in [6.07, 6.45) is 0. The number of halogens is 1. The molecule has 0 bridgehead atoms. The molecule has 0 fully saturated rings. The summed E-state index contributed by atoms with van der Waals surface area (Å²) in [6, 6.07) is 8.91. The van der Waals surface area contributed by atoms with Gasteiger partial charge in [-0.1, -0.05) is 34.1 Å². The first-order valence-electron chi connectivity index (χ1n) is 7.50. The van der Waals surface area contributed by atoms with Crippen LogP contribution >= 0.6 is 15.9 Å². The minimum Gasteiger partial charge on any atom is -0.303 e. The Labute approximate surface area is 135 Å². The van der Waals surface area contributed by atoms with E-state index in [9.17, 15) is 0 Å². The van der Waals surface area contributed by atoms with E-state index in [0.29, 0.717) is 0 Å². The molecule has 1 unspecified atom stereocenters. The molecule has 0 spiro atoms. The van der Waals surface area contributed by atoms with E-state index in [0.717, 1.165) is 16.7 Å². The van der Waals surface area contributed by atoms with Crippen LogP contribution in [-0.4, -0.2) is 9.78 Å². The zero-order chi connectivity index (χ0) is 15.6. The predicted molar refractivity (Wildman–Crippen MR) is 91.5 cm³/mol. The molecule has 1 heterocycles. The number of aryl methyl sites for hydroxylation is 2. The second kappa shape index (κ2) is 6.75. The summed E-state index contributed by atoms with van der Waals surface area (Å²) in [5, 5.41) is 8.30. The molecule has 0 aliphatic carbocycles. The third kappa shape index (κ3) is 3.38. The van der Waals surface area contributed by atoms with Crippen LogP contribution in [0.5, 0.6) is 0 Å². The first-order valence-corrected chi connectivity index (χ1v) is 8.29. The molecule has 2 atom stereocenters. The Bertz CT molecular complexity index is 618. The maximum absolute atomic E-state index is 4.61. The zero-order valence-electron chi connectivity index (χ0n) is 13.4. The van der Waals surface area contributed by atoms with Crippen molar-refractivity contribution in [2.75, 3.05) is 0 Å². The van der Waals surface area contributed by atoms with Crippen molar-refractivity contribution in [1.29, 1.82) is 0 Å². The second-order valence-electron chi connectivity index (χ2n) is 5.53. The molecule has 4 heteroatoms. The molecule has 0 saturated carbocycles. The number of nitrogens with one attached hydrogen (secondary N) is 1. The lowest BCUT2D eigenvalue weighted by molar-refractivity contribution is 0.489. The summed E-state index contributed by atoms with van der Waals surface area (Å²) in [7, 11) is 0. The highest BCUT2D eigenvalue weighted by Crippen LogP contribution is 2.27. The average Bonchev–Trinajstić information content (AvgIpc) is 2.73. The summed E-state index contributed by atoms with van der Waals surface area (Å²) in [5.74, 6) is 0. The van der Waals surface area contributed by atoms with E-state index in [-0.39, 0.29) is 12.1 Å². The van der Waals surface area contributed by atoms with Gasteiger partial charge in [0.15, 0.2) is 0 Å². The molecule has 0 saturated heterocycles. The Morgan fingerprint density at radius 2 is 1.86 bits per heavy atom. The van der Waals surface area contributed by atoms with Crippen LogP contribution in [0, 0.1) is 13.8 Å². The largest absolute Gasteiger partial charge is 0.303 e. The molecule has 21 heavy (non-hydrogen) atoms. The van der Waals surface area contributed by atoms with Crippen LogP contribution in [0.1, 0.15) is 55.4 Å². The van der Waals surface area contributed by atoms with E-state index >= 15 is 0 Å². The van der Waals surface area contributed by atoms with Crippen LogP contribution in [0.4, 0.5) is 0 Å². The van der Waals surface area contributed by atoms with Crippen molar-refractivity contribution >= 4 is 15.9 Å². The third-order valence-corrected chi connectivity index (χ3v) is 4.76. The fourth-order valence-corrected chi connectivity index (χ4v) is 3.65. The molecule has 1 aromatic heterocycles. The van der Waals surface area contributed by atoms with Gasteiger partial charge in [-0.25, -0.2) is 0 Å². The first kappa shape index (κ1) is 16.2. The van der Waals surface area contributed by atoms with Crippen LogP contribution in [0.2, 0.25) is 0 Å². The van der Waals surface area contributed by atoms with Gasteiger partial charge in [0.25, 0.3) is 0 Å². The molecule has 1 aromatic carbocycles. The minimum atomic E-state index is 0.271. The van der Waals surface area contributed by atoms with Gasteiger partial charge in [-0.15, -0.1) is 0 Å². The normalized spacial score (nSPS) is 14.2. The maximum atomic E-state index is 4.61. The number of hydrogen-bond acceptors (Lipinski definition) is 2. The maximum Gasteiger partial charge on any atom is 0.0644 e. The second-order valence-corrected chi connectivity index (χ2v) is 6.39. The lowest BCUT2D eigenvalue weighted by Crippen LogP contribution is -2.23. The fraction of sp³-hybridized carbons (Fsp3) is 0.471. The SMILES string of the molecule is CCn1nc(C)c(C(C)N[C@H](C)c2ccccc2Br)c1C. The molecule has 2 aromatic rings. The summed E-state index contributed by atoms with van der Waals surface area (Å²) >= 11 is 3.63. The molecular formula is C17H24BrN3. The van der Waals surface area contributed by atoms with Crippen LogP contribution in [0.3, 0.4) is 0 Å². The quantitative estimate of drug-likeness (QED) is 0.848. The fourth-order valence-electron chi connectivity index (χ4n) is 3.02. The minimum absolute atomic E-state index is 0.271. The van der Waals surface area contributed by atoms with E-state index in [1.807, 2.05) is 6.07 Å². The van der Waals surface area contributed by atoms with Crippen molar-refractivity contribution < 1.29 is 0 Å². The van der Waals surface area contributed by atoms with Crippen LogP contribution < -0.4 is 5.32 Å². The van der Waals surface area contributed by atoms with E-state index in [4.69, 9.17) is 0 Å². The van der Waals surface area contributed by atoms with Gasteiger partial charge in [-0.2, -0.15) is 5.10 Å². The number of hydrogen-bond donors (Lipinski definition) is 1. The summed E-state index contributed by atoms with van der Waals surface area (Å²) in [4.78, 5) is 0. The van der Waals surface area contributed by atoms with Crippen molar-refractivity contribution in [2.24, 2.45) is 0 Å². The highest BCUT2D eigenvalue weighted by atomic mass is 79.9. The smallest absolute Gasteiger partial charge is 0.0644 e. The van der Waals surface area contributed by atoms with Gasteiger partial charge in [-0.3, -0.25) is 4.68 Å². The standard InChI is InChI=1S/C17H24BrN3/c1-6-21-14(5)17(13(4)20-21)12(3)19-11(2)15-9-7-8-10-16(15)18/h7-12,19H,6H2,1-5H3/t11-,12?/m1/s1. The van der Waals surface area contributed by atoms with Crippen molar-refractivity contribution in [2.45, 2.75) is 53.2 Å². The van der Waals surface area contributed by atoms with E-state index in [2.05, 4.69) is 83.8 Å². The van der Waals surface area contributed by atoms with Crippen LogP contribution in [0.15, 0.2) is 28.7 Å². The van der Waals surface area contributed by atoms with Gasteiger partial charge < -0.3 is 5.32 Å². The van der Waals surface area contributed by atoms with Crippen molar-refractivity contribution in [3.8, 4) is 0 Å².